The maximum absolute atomic E-state index is 13.5. The molecule has 2 aliphatic heterocycles. The van der Waals surface area contributed by atoms with Crippen LogP contribution in [0.25, 0.3) is 0 Å². The number of carbonyl (C=O) groups excluding carboxylic acids is 1. The molecule has 2 N–H and O–H groups in total. The zero-order valence-corrected chi connectivity index (χ0v) is 23.5. The molecule has 0 aromatic heterocycles. The van der Waals surface area contributed by atoms with Crippen molar-refractivity contribution in [2.24, 2.45) is 11.8 Å². The van der Waals surface area contributed by atoms with Crippen molar-refractivity contribution in [3.8, 4) is 11.5 Å². The van der Waals surface area contributed by atoms with Gasteiger partial charge in [-0.25, -0.2) is 0 Å². The summed E-state index contributed by atoms with van der Waals surface area (Å²) in [6, 6.07) is 8.46. The number of rotatable bonds is 6. The third-order valence-corrected chi connectivity index (χ3v) is 11.0. The molecule has 2 heterocycles. The first-order chi connectivity index (χ1) is 19.4. The number of aryl methyl sites for hydroxylation is 1. The minimum atomic E-state index is -4.39. The van der Waals surface area contributed by atoms with Gasteiger partial charge in [-0.1, -0.05) is 25.1 Å². The Morgan fingerprint density at radius 3 is 2.56 bits per heavy atom. The monoisotopic (exact) mass is 570 g/mol. The lowest BCUT2D eigenvalue weighted by molar-refractivity contribution is -0.219. The SMILES string of the molecule is CC1C(N(C)C(=O)CCc2ccc(C(F)(F)F)cc2)CC[C@@]2(O)[C@H]3Cc4ccc(O)c5c4[C@@]12C(CN3CC1CC1)O5. The quantitative estimate of drug-likeness (QED) is 0.528. The molecular weight excluding hydrogens is 533 g/mol. The average molecular weight is 571 g/mol. The van der Waals surface area contributed by atoms with E-state index in [9.17, 15) is 28.2 Å². The number of benzene rings is 2. The number of likely N-dealkylation sites (tertiary alicyclic amines) is 1. The molecule has 2 aromatic carbocycles. The number of alkyl halides is 3. The summed E-state index contributed by atoms with van der Waals surface area (Å²) in [5, 5.41) is 23.6. The van der Waals surface area contributed by atoms with Crippen LogP contribution in [0.4, 0.5) is 13.2 Å². The molecule has 1 amide bonds. The topological polar surface area (TPSA) is 73.2 Å². The molecule has 5 aliphatic rings. The maximum Gasteiger partial charge on any atom is 0.416 e. The Bertz CT molecular complexity index is 1380. The predicted octanol–water partition coefficient (Wildman–Crippen LogP) is 4.68. The molecule has 6 atom stereocenters. The Hall–Kier alpha value is -2.78. The number of phenolic OH excluding ortho intramolecular Hbond substituents is 1. The molecule has 3 aliphatic carbocycles. The van der Waals surface area contributed by atoms with E-state index < -0.39 is 22.8 Å². The first-order valence-electron chi connectivity index (χ1n) is 14.9. The molecule has 3 fully saturated rings. The zero-order valence-electron chi connectivity index (χ0n) is 23.5. The van der Waals surface area contributed by atoms with Crippen LogP contribution in [0.2, 0.25) is 0 Å². The molecule has 0 radical (unpaired) electrons. The van der Waals surface area contributed by atoms with Gasteiger partial charge in [0.1, 0.15) is 6.10 Å². The highest BCUT2D eigenvalue weighted by atomic mass is 19.4. The van der Waals surface area contributed by atoms with E-state index in [-0.39, 0.29) is 42.2 Å². The molecule has 7 rings (SSSR count). The summed E-state index contributed by atoms with van der Waals surface area (Å²) in [6.07, 6.45) is 0.128. The van der Waals surface area contributed by atoms with Crippen LogP contribution >= 0.6 is 0 Å². The molecule has 1 spiro atoms. The van der Waals surface area contributed by atoms with Gasteiger partial charge >= 0.3 is 6.18 Å². The number of carbonyl (C=O) groups is 1. The molecule has 1 saturated heterocycles. The number of halogens is 3. The van der Waals surface area contributed by atoms with Gasteiger partial charge in [-0.2, -0.15) is 13.2 Å². The lowest BCUT2D eigenvalue weighted by atomic mass is 9.45. The van der Waals surface area contributed by atoms with Crippen LogP contribution in [0.5, 0.6) is 11.5 Å². The number of piperidine rings is 1. The predicted molar refractivity (Wildman–Crippen MR) is 146 cm³/mol. The summed E-state index contributed by atoms with van der Waals surface area (Å²) >= 11 is 0. The van der Waals surface area contributed by atoms with Gasteiger partial charge in [-0.05, 0) is 79.7 Å². The van der Waals surface area contributed by atoms with E-state index in [0.29, 0.717) is 49.5 Å². The van der Waals surface area contributed by atoms with Gasteiger partial charge < -0.3 is 19.8 Å². The van der Waals surface area contributed by atoms with Crippen LogP contribution in [0.3, 0.4) is 0 Å². The number of aliphatic hydroxyl groups is 1. The van der Waals surface area contributed by atoms with E-state index in [2.05, 4.69) is 11.8 Å². The van der Waals surface area contributed by atoms with Crippen molar-refractivity contribution in [2.45, 2.75) is 87.2 Å². The van der Waals surface area contributed by atoms with Gasteiger partial charge in [0.25, 0.3) is 0 Å². The maximum atomic E-state index is 13.5. The van der Waals surface area contributed by atoms with Gasteiger partial charge in [0, 0.05) is 44.2 Å². The Morgan fingerprint density at radius 2 is 1.88 bits per heavy atom. The fourth-order valence-corrected chi connectivity index (χ4v) is 8.90. The van der Waals surface area contributed by atoms with Crippen LogP contribution < -0.4 is 4.74 Å². The lowest BCUT2D eigenvalue weighted by Crippen LogP contribution is -2.80. The highest BCUT2D eigenvalue weighted by Crippen LogP contribution is 2.67. The molecule has 220 valence electrons. The molecule has 41 heavy (non-hydrogen) atoms. The number of hydrogen-bond acceptors (Lipinski definition) is 5. The molecule has 2 saturated carbocycles. The standard InChI is InChI=1S/C32H37F3N2O4/c1-18-23(36(2)27(39)12-7-19-5-9-22(10-6-19)32(33,34)35)13-14-30(40)25-15-21-8-11-24(38)29-28(21)31(18,30)26(41-29)17-37(25)16-20-3-4-20/h5-6,8-11,18,20,23,25-26,38,40H,3-4,7,12-17H2,1-2H3/t18?,23?,25-,26?,30-,31+/m1/s1. The number of amides is 1. The van der Waals surface area contributed by atoms with Crippen molar-refractivity contribution in [1.82, 2.24) is 9.80 Å². The fourth-order valence-electron chi connectivity index (χ4n) is 8.90. The van der Waals surface area contributed by atoms with Crippen LogP contribution in [0.1, 0.15) is 61.3 Å². The van der Waals surface area contributed by atoms with Gasteiger partial charge in [0.15, 0.2) is 11.5 Å². The fraction of sp³-hybridized carbons (Fsp3) is 0.594. The summed E-state index contributed by atoms with van der Waals surface area (Å²) in [4.78, 5) is 17.7. The summed E-state index contributed by atoms with van der Waals surface area (Å²) in [5.74, 6) is 1.03. The second-order valence-corrected chi connectivity index (χ2v) is 13.1. The van der Waals surface area contributed by atoms with E-state index in [4.69, 9.17) is 4.74 Å². The molecule has 2 aromatic rings. The Morgan fingerprint density at radius 1 is 1.15 bits per heavy atom. The summed E-state index contributed by atoms with van der Waals surface area (Å²) in [7, 11) is 1.80. The minimum Gasteiger partial charge on any atom is -0.504 e. The van der Waals surface area contributed by atoms with Gasteiger partial charge in [-0.15, -0.1) is 0 Å². The van der Waals surface area contributed by atoms with Gasteiger partial charge in [-0.3, -0.25) is 9.69 Å². The Kier molecular flexibility index (Phi) is 6.02. The summed E-state index contributed by atoms with van der Waals surface area (Å²) in [6.45, 7) is 3.74. The van der Waals surface area contributed by atoms with E-state index in [1.165, 1.54) is 25.0 Å². The van der Waals surface area contributed by atoms with Crippen molar-refractivity contribution in [3.05, 3.63) is 58.7 Å². The van der Waals surface area contributed by atoms with Crippen LogP contribution in [-0.2, 0) is 29.2 Å². The highest BCUT2D eigenvalue weighted by Gasteiger charge is 2.75. The largest absolute Gasteiger partial charge is 0.504 e. The highest BCUT2D eigenvalue weighted by molar-refractivity contribution is 5.77. The lowest BCUT2D eigenvalue weighted by Gasteiger charge is -2.67. The summed E-state index contributed by atoms with van der Waals surface area (Å²) in [5.41, 5.74) is 0.230. The van der Waals surface area contributed by atoms with E-state index in [1.807, 2.05) is 6.07 Å². The second kappa shape index (κ2) is 9.11. The van der Waals surface area contributed by atoms with E-state index >= 15 is 0 Å². The molecule has 3 unspecified atom stereocenters. The third-order valence-electron chi connectivity index (χ3n) is 11.0. The van der Waals surface area contributed by atoms with Crippen molar-refractivity contribution >= 4 is 5.91 Å². The van der Waals surface area contributed by atoms with Crippen molar-refractivity contribution in [3.63, 3.8) is 0 Å². The number of aromatic hydroxyl groups is 1. The van der Waals surface area contributed by atoms with E-state index in [1.54, 1.807) is 18.0 Å². The normalized spacial score (nSPS) is 33.7. The van der Waals surface area contributed by atoms with Crippen LogP contribution in [-0.4, -0.2) is 69.8 Å². The number of ether oxygens (including phenoxy) is 1. The number of nitrogens with zero attached hydrogens (tertiary/aromatic N) is 2. The third kappa shape index (κ3) is 3.87. The molecule has 6 nitrogen and oxygen atoms in total. The first kappa shape index (κ1) is 27.1. The average Bonchev–Trinajstić information content (AvgIpc) is 3.66. The van der Waals surface area contributed by atoms with Gasteiger partial charge in [0.05, 0.1) is 16.6 Å². The first-order valence-corrected chi connectivity index (χ1v) is 14.9. The molecule has 2 bridgehead atoms. The smallest absolute Gasteiger partial charge is 0.416 e. The minimum absolute atomic E-state index is 0.0463. The summed E-state index contributed by atoms with van der Waals surface area (Å²) < 4.78 is 45.4. The van der Waals surface area contributed by atoms with Gasteiger partial charge in [0.2, 0.25) is 5.91 Å². The van der Waals surface area contributed by atoms with Crippen LogP contribution in [0.15, 0.2) is 36.4 Å². The Balaban J connectivity index is 1.17. The number of phenols is 1. The van der Waals surface area contributed by atoms with Crippen molar-refractivity contribution in [1.29, 1.82) is 0 Å². The molecular formula is C32H37F3N2O4. The van der Waals surface area contributed by atoms with Crippen molar-refractivity contribution < 1.29 is 32.9 Å². The van der Waals surface area contributed by atoms with Crippen LogP contribution in [0, 0.1) is 11.8 Å². The van der Waals surface area contributed by atoms with Crippen molar-refractivity contribution in [2.75, 3.05) is 20.1 Å². The number of hydrogen-bond donors (Lipinski definition) is 2. The molecule has 9 heteroatoms. The second-order valence-electron chi connectivity index (χ2n) is 13.1. The van der Waals surface area contributed by atoms with E-state index in [0.717, 1.165) is 29.8 Å². The zero-order chi connectivity index (χ0) is 28.9. The Labute approximate surface area is 238 Å².